The van der Waals surface area contributed by atoms with E-state index in [9.17, 15) is 0 Å². The van der Waals surface area contributed by atoms with Crippen molar-refractivity contribution in [2.75, 3.05) is 0 Å². The Labute approximate surface area is 83.3 Å². The van der Waals surface area contributed by atoms with Crippen LogP contribution in [0.3, 0.4) is 0 Å². The molecular weight excluding hydrogens is 157 g/mol. The summed E-state index contributed by atoms with van der Waals surface area (Å²) in [6.45, 7) is 8.82. The van der Waals surface area contributed by atoms with Gasteiger partial charge < -0.3 is 4.48 Å². The highest BCUT2D eigenvalue weighted by molar-refractivity contribution is 6.55. The Balaban J connectivity index is 0.000000310. The normalized spacial score (nSPS) is 11.7. The topological polar surface area (TPSA) is 4.93 Å². The zero-order chi connectivity index (χ0) is 10.1. The summed E-state index contributed by atoms with van der Waals surface area (Å²) in [6.07, 6.45) is 8.21. The second kappa shape index (κ2) is 7.97. The monoisotopic (exact) mass is 180 g/mol. The average molecular weight is 180 g/mol. The van der Waals surface area contributed by atoms with Gasteiger partial charge in [-0.1, -0.05) is 33.6 Å². The van der Waals surface area contributed by atoms with Crippen LogP contribution in [0.2, 0.25) is 13.1 Å². The first-order valence-corrected chi connectivity index (χ1v) is 5.66. The zero-order valence-corrected chi connectivity index (χ0v) is 9.59. The standard InChI is InChI=1S/C7H13BN.C4H10/c1-3-8(2)9-6-4-5-7-9;1-3-4-2/h4-8H,3H2,1-2H3;3-4H2,1-2H3/q-1;. The van der Waals surface area contributed by atoms with Crippen LogP contribution < -0.4 is 0 Å². The maximum absolute atomic E-state index is 2.31. The van der Waals surface area contributed by atoms with Crippen molar-refractivity contribution in [1.29, 1.82) is 0 Å². The highest BCUT2D eigenvalue weighted by atomic mass is 14.8. The summed E-state index contributed by atoms with van der Waals surface area (Å²) in [6, 6.07) is 4.16. The molecule has 0 spiro atoms. The first kappa shape index (κ1) is 12.3. The molecule has 1 unspecified atom stereocenters. The Morgan fingerprint density at radius 2 is 1.46 bits per heavy atom. The number of rotatable bonds is 3. The molecule has 76 valence electrons. The lowest BCUT2D eigenvalue weighted by atomic mass is 9.62. The van der Waals surface area contributed by atoms with Gasteiger partial charge in [0, 0.05) is 0 Å². The molecule has 0 aliphatic rings. The SMILES string of the molecule is CCCC.CC[BH-](C)n1cccc1. The average Bonchev–Trinajstić information content (AvgIpc) is 2.70. The predicted molar refractivity (Wildman–Crippen MR) is 63.9 cm³/mol. The van der Waals surface area contributed by atoms with E-state index in [1.165, 1.54) is 19.2 Å². The molecule has 1 atom stereocenters. The quantitative estimate of drug-likeness (QED) is 0.627. The molecule has 13 heavy (non-hydrogen) atoms. The van der Waals surface area contributed by atoms with Crippen molar-refractivity contribution in [1.82, 2.24) is 4.48 Å². The van der Waals surface area contributed by atoms with E-state index in [-0.39, 0.29) is 6.85 Å². The molecule has 1 aromatic heterocycles. The lowest BCUT2D eigenvalue weighted by Crippen LogP contribution is -2.15. The van der Waals surface area contributed by atoms with E-state index in [1.54, 1.807) is 0 Å². The minimum absolute atomic E-state index is 0.0833. The molecule has 1 rings (SSSR count). The van der Waals surface area contributed by atoms with Crippen LogP contribution in [-0.4, -0.2) is 11.3 Å². The van der Waals surface area contributed by atoms with E-state index < -0.39 is 0 Å². The lowest BCUT2D eigenvalue weighted by Gasteiger charge is -2.16. The molecule has 0 aliphatic carbocycles. The zero-order valence-electron chi connectivity index (χ0n) is 9.59. The molecule has 2 heteroatoms. The van der Waals surface area contributed by atoms with Crippen LogP contribution in [-0.2, 0) is 0 Å². The first-order valence-electron chi connectivity index (χ1n) is 5.66. The Morgan fingerprint density at radius 3 is 1.77 bits per heavy atom. The summed E-state index contributed by atoms with van der Waals surface area (Å²) in [5.74, 6) is 0. The van der Waals surface area contributed by atoms with Crippen LogP contribution in [0.25, 0.3) is 0 Å². The second-order valence-electron chi connectivity index (χ2n) is 3.74. The van der Waals surface area contributed by atoms with Crippen molar-refractivity contribution in [3.63, 3.8) is 0 Å². The fraction of sp³-hybridized carbons (Fsp3) is 0.636. The number of unbranched alkanes of at least 4 members (excludes halogenated alkanes) is 1. The van der Waals surface area contributed by atoms with Crippen molar-refractivity contribution in [2.24, 2.45) is 0 Å². The molecule has 0 fully saturated rings. The number of nitrogens with zero attached hydrogens (tertiary/aromatic N) is 1. The lowest BCUT2D eigenvalue weighted by molar-refractivity contribution is 0.886. The molecule has 0 aromatic carbocycles. The van der Waals surface area contributed by atoms with Crippen LogP contribution in [0.5, 0.6) is 0 Å². The van der Waals surface area contributed by atoms with Gasteiger partial charge in [0.25, 0.3) is 0 Å². The van der Waals surface area contributed by atoms with Crippen molar-refractivity contribution in [2.45, 2.75) is 46.8 Å². The van der Waals surface area contributed by atoms with Gasteiger partial charge in [-0.15, -0.1) is 0 Å². The minimum atomic E-state index is -0.0833. The van der Waals surface area contributed by atoms with Crippen LogP contribution in [0.4, 0.5) is 0 Å². The Hall–Kier alpha value is -0.655. The summed E-state index contributed by atoms with van der Waals surface area (Å²) in [7, 11) is 0. The summed E-state index contributed by atoms with van der Waals surface area (Å²) in [5.41, 5.74) is 0. The fourth-order valence-corrected chi connectivity index (χ4v) is 0.988. The second-order valence-corrected chi connectivity index (χ2v) is 3.74. The molecule has 0 amide bonds. The van der Waals surface area contributed by atoms with Gasteiger partial charge in [0.15, 0.2) is 0 Å². The van der Waals surface area contributed by atoms with E-state index in [4.69, 9.17) is 0 Å². The Kier molecular flexibility index (Phi) is 7.57. The molecule has 1 aromatic rings. The minimum Gasteiger partial charge on any atom is -0.533 e. The third-order valence-electron chi connectivity index (χ3n) is 2.51. The number of hydrogen-bond acceptors (Lipinski definition) is 0. The van der Waals surface area contributed by atoms with Crippen LogP contribution >= 0.6 is 0 Å². The van der Waals surface area contributed by atoms with Gasteiger partial charge in [-0.3, -0.25) is 0 Å². The van der Waals surface area contributed by atoms with Gasteiger partial charge in [-0.2, -0.15) is 13.1 Å². The largest absolute Gasteiger partial charge is 0.533 e. The molecule has 1 nitrogen and oxygen atoms in total. The van der Waals surface area contributed by atoms with Crippen molar-refractivity contribution >= 4 is 6.85 Å². The van der Waals surface area contributed by atoms with E-state index in [2.05, 4.69) is 56.6 Å². The smallest absolute Gasteiger partial charge is 0.0736 e. The molecule has 0 bridgehead atoms. The molecule has 0 radical (unpaired) electrons. The molecule has 1 heterocycles. The highest BCUT2D eigenvalue weighted by Gasteiger charge is 1.90. The Morgan fingerprint density at radius 1 is 1.00 bits per heavy atom. The Bertz CT molecular complexity index is 180. The molecule has 0 N–H and O–H groups in total. The van der Waals surface area contributed by atoms with E-state index >= 15 is 0 Å². The van der Waals surface area contributed by atoms with Crippen LogP contribution in [0.15, 0.2) is 24.5 Å². The van der Waals surface area contributed by atoms with Crippen molar-refractivity contribution in [3.8, 4) is 0 Å². The summed E-state index contributed by atoms with van der Waals surface area (Å²) < 4.78 is 2.31. The van der Waals surface area contributed by atoms with Gasteiger partial charge in [-0.05, 0) is 24.5 Å². The summed E-state index contributed by atoms with van der Waals surface area (Å²) in [4.78, 5) is 0. The van der Waals surface area contributed by atoms with Gasteiger partial charge in [0.1, 0.15) is 0 Å². The maximum atomic E-state index is 2.31. The molecule has 0 saturated carbocycles. The maximum Gasteiger partial charge on any atom is 0.0736 e. The number of aromatic nitrogens is 1. The third kappa shape index (κ3) is 5.56. The number of hydrogen-bond donors (Lipinski definition) is 0. The fourth-order valence-electron chi connectivity index (χ4n) is 0.988. The summed E-state index contributed by atoms with van der Waals surface area (Å²) >= 11 is 0. The van der Waals surface area contributed by atoms with Gasteiger partial charge in [-0.25, -0.2) is 0 Å². The van der Waals surface area contributed by atoms with Crippen molar-refractivity contribution in [3.05, 3.63) is 24.5 Å². The third-order valence-corrected chi connectivity index (χ3v) is 2.51. The van der Waals surface area contributed by atoms with Crippen molar-refractivity contribution < 1.29 is 0 Å². The van der Waals surface area contributed by atoms with Crippen LogP contribution in [0, 0.1) is 0 Å². The summed E-state index contributed by atoms with van der Waals surface area (Å²) in [5, 5.41) is 0. The van der Waals surface area contributed by atoms with Crippen LogP contribution in [0.1, 0.15) is 33.6 Å². The van der Waals surface area contributed by atoms with Gasteiger partial charge >= 0.3 is 0 Å². The van der Waals surface area contributed by atoms with Gasteiger partial charge in [0.05, 0.1) is 6.85 Å². The van der Waals surface area contributed by atoms with Gasteiger partial charge in [0.2, 0.25) is 0 Å². The van der Waals surface area contributed by atoms with E-state index in [0.29, 0.717) is 0 Å². The molecule has 0 aliphatic heterocycles. The highest BCUT2D eigenvalue weighted by Crippen LogP contribution is 1.96. The molecule has 0 saturated heterocycles. The predicted octanol–water partition coefficient (Wildman–Crippen LogP) is 3.52. The first-order chi connectivity index (χ1) is 6.26. The van der Waals surface area contributed by atoms with E-state index in [0.717, 1.165) is 0 Å². The van der Waals surface area contributed by atoms with E-state index in [1.807, 2.05) is 0 Å². The molecular formula is C11H23BN-.